The zero-order valence-electron chi connectivity index (χ0n) is 15.9. The van der Waals surface area contributed by atoms with Crippen LogP contribution in [0.15, 0.2) is 36.4 Å². The van der Waals surface area contributed by atoms with Crippen molar-refractivity contribution in [1.82, 2.24) is 10.2 Å². The molecule has 1 fully saturated rings. The third-order valence-corrected chi connectivity index (χ3v) is 6.11. The molecule has 5 nitrogen and oxygen atoms in total. The van der Waals surface area contributed by atoms with Crippen LogP contribution in [0.25, 0.3) is 0 Å². The molecule has 0 aromatic heterocycles. The van der Waals surface area contributed by atoms with Crippen LogP contribution >= 0.6 is 35.4 Å². The van der Waals surface area contributed by atoms with E-state index in [0.717, 1.165) is 0 Å². The molecule has 9 heteroatoms. The molecule has 2 aromatic rings. The second kappa shape index (κ2) is 7.00. The SMILES string of the molecule is CN(C)C(=O)[C@H]1[C@H]2NC(=S)N(c3ccc(F)cc3)[C@@]1(C)Oc1c(Cl)cc(Cl)cc12. The molecule has 2 aliphatic heterocycles. The van der Waals surface area contributed by atoms with E-state index in [4.69, 9.17) is 40.2 Å². The van der Waals surface area contributed by atoms with Crippen LogP contribution in [0.1, 0.15) is 18.5 Å². The number of thiocarbonyl (C=S) groups is 1. The molecule has 1 amide bonds. The zero-order valence-corrected chi connectivity index (χ0v) is 18.2. The molecule has 0 unspecified atom stereocenters. The molecular formula is C20H18Cl2FN3O2S. The van der Waals surface area contributed by atoms with Crippen LogP contribution in [-0.2, 0) is 4.79 Å². The molecule has 2 bridgehead atoms. The first-order chi connectivity index (χ1) is 13.6. The number of fused-ring (bicyclic) bond motifs is 4. The van der Waals surface area contributed by atoms with Crippen LogP contribution in [0.4, 0.5) is 10.1 Å². The van der Waals surface area contributed by atoms with Crippen molar-refractivity contribution < 1.29 is 13.9 Å². The van der Waals surface area contributed by atoms with Gasteiger partial charge < -0.3 is 15.0 Å². The van der Waals surface area contributed by atoms with E-state index in [2.05, 4.69) is 5.32 Å². The lowest BCUT2D eigenvalue weighted by Crippen LogP contribution is -2.72. The van der Waals surface area contributed by atoms with Gasteiger partial charge in [-0.2, -0.15) is 0 Å². The fourth-order valence-electron chi connectivity index (χ4n) is 4.04. The van der Waals surface area contributed by atoms with Gasteiger partial charge in [-0.15, -0.1) is 0 Å². The van der Waals surface area contributed by atoms with Gasteiger partial charge in [0.2, 0.25) is 5.91 Å². The summed E-state index contributed by atoms with van der Waals surface area (Å²) >= 11 is 18.3. The van der Waals surface area contributed by atoms with Crippen LogP contribution in [0, 0.1) is 11.7 Å². The van der Waals surface area contributed by atoms with Crippen LogP contribution in [0.5, 0.6) is 5.75 Å². The standard InChI is InChI=1S/C20H18Cl2FN3O2S/c1-20-15(18(27)25(2)3)16(13-8-10(21)9-14(22)17(13)28-20)24-19(29)26(20)12-6-4-11(23)5-7-12/h4-9,15-16H,1-3H3,(H,24,29)/t15-,16+,20+/m1/s1. The lowest BCUT2D eigenvalue weighted by atomic mass is 9.78. The van der Waals surface area contributed by atoms with E-state index in [9.17, 15) is 9.18 Å². The highest BCUT2D eigenvalue weighted by molar-refractivity contribution is 7.80. The molecule has 4 rings (SSSR count). The number of amides is 1. The minimum Gasteiger partial charge on any atom is -0.465 e. The highest BCUT2D eigenvalue weighted by Gasteiger charge is 2.59. The van der Waals surface area contributed by atoms with Gasteiger partial charge >= 0.3 is 0 Å². The zero-order chi connectivity index (χ0) is 21.1. The first-order valence-electron chi connectivity index (χ1n) is 8.89. The number of hydrogen-bond donors (Lipinski definition) is 1. The van der Waals surface area contributed by atoms with Crippen molar-refractivity contribution in [1.29, 1.82) is 0 Å². The number of nitrogens with one attached hydrogen (secondary N) is 1. The van der Waals surface area contributed by atoms with Gasteiger partial charge in [-0.1, -0.05) is 23.2 Å². The van der Waals surface area contributed by atoms with Crippen molar-refractivity contribution in [2.24, 2.45) is 5.92 Å². The van der Waals surface area contributed by atoms with E-state index < -0.39 is 17.7 Å². The van der Waals surface area contributed by atoms with Crippen LogP contribution in [0.2, 0.25) is 10.0 Å². The minimum atomic E-state index is -1.20. The maximum absolute atomic E-state index is 13.5. The van der Waals surface area contributed by atoms with Gasteiger partial charge in [0.05, 0.1) is 11.1 Å². The summed E-state index contributed by atoms with van der Waals surface area (Å²) in [6, 6.07) is 8.68. The number of nitrogens with zero attached hydrogens (tertiary/aromatic N) is 2. The van der Waals surface area contributed by atoms with Crippen molar-refractivity contribution in [3.05, 3.63) is 57.8 Å². The lowest BCUT2D eigenvalue weighted by molar-refractivity contribution is -0.144. The summed E-state index contributed by atoms with van der Waals surface area (Å²) < 4.78 is 19.9. The molecule has 2 aliphatic rings. The second-order valence-electron chi connectivity index (χ2n) is 7.41. The highest BCUT2D eigenvalue weighted by Crippen LogP contribution is 2.52. The Morgan fingerprint density at radius 2 is 1.93 bits per heavy atom. The molecule has 0 saturated carbocycles. The Balaban J connectivity index is 1.94. The van der Waals surface area contributed by atoms with E-state index in [1.807, 2.05) is 0 Å². The minimum absolute atomic E-state index is 0.152. The summed E-state index contributed by atoms with van der Waals surface area (Å²) in [6.45, 7) is 1.79. The van der Waals surface area contributed by atoms with E-state index in [-0.39, 0.29) is 11.7 Å². The maximum Gasteiger partial charge on any atom is 0.233 e. The summed E-state index contributed by atoms with van der Waals surface area (Å²) in [5.74, 6) is -0.757. The smallest absolute Gasteiger partial charge is 0.233 e. The third-order valence-electron chi connectivity index (χ3n) is 5.31. The molecule has 0 radical (unpaired) electrons. The molecule has 0 spiro atoms. The Morgan fingerprint density at radius 1 is 1.28 bits per heavy atom. The van der Waals surface area contributed by atoms with E-state index in [1.54, 1.807) is 50.2 Å². The Bertz CT molecular complexity index is 1020. The van der Waals surface area contributed by atoms with Crippen molar-refractivity contribution in [2.75, 3.05) is 19.0 Å². The van der Waals surface area contributed by atoms with E-state index in [1.165, 1.54) is 17.0 Å². The van der Waals surface area contributed by atoms with Crippen molar-refractivity contribution >= 4 is 52.1 Å². The molecule has 3 atom stereocenters. The van der Waals surface area contributed by atoms with Gasteiger partial charge in [0, 0.05) is 30.4 Å². The first kappa shape index (κ1) is 20.2. The van der Waals surface area contributed by atoms with Crippen LogP contribution in [-0.4, -0.2) is 35.7 Å². The number of carbonyl (C=O) groups is 1. The Morgan fingerprint density at radius 3 is 2.55 bits per heavy atom. The van der Waals surface area contributed by atoms with Gasteiger partial charge in [-0.3, -0.25) is 9.69 Å². The Labute approximate surface area is 183 Å². The molecule has 2 aromatic carbocycles. The predicted molar refractivity (Wildman–Crippen MR) is 115 cm³/mol. The number of rotatable bonds is 2. The number of halogens is 3. The average molecular weight is 454 g/mol. The monoisotopic (exact) mass is 453 g/mol. The Hall–Kier alpha value is -2.09. The Kier molecular flexibility index (Phi) is 4.88. The fraction of sp³-hybridized carbons (Fsp3) is 0.300. The summed E-state index contributed by atoms with van der Waals surface area (Å²) in [4.78, 5) is 16.4. The molecule has 0 aliphatic carbocycles. The van der Waals surface area contributed by atoms with Gasteiger partial charge in [0.15, 0.2) is 10.8 Å². The maximum atomic E-state index is 13.5. The number of benzene rings is 2. The van der Waals surface area contributed by atoms with Gasteiger partial charge in [0.1, 0.15) is 17.5 Å². The quantitative estimate of drug-likeness (QED) is 0.683. The first-order valence-corrected chi connectivity index (χ1v) is 10.1. The number of carbonyl (C=O) groups excluding carboxylic acids is 1. The molecule has 1 N–H and O–H groups in total. The highest BCUT2D eigenvalue weighted by atomic mass is 35.5. The number of anilines is 1. The molecule has 2 heterocycles. The second-order valence-corrected chi connectivity index (χ2v) is 8.64. The van der Waals surface area contributed by atoms with Gasteiger partial charge in [-0.05, 0) is 55.5 Å². The van der Waals surface area contributed by atoms with Crippen LogP contribution < -0.4 is 15.0 Å². The number of ether oxygens (including phenoxy) is 1. The molecule has 29 heavy (non-hydrogen) atoms. The molecule has 152 valence electrons. The lowest BCUT2D eigenvalue weighted by Gasteiger charge is -2.56. The van der Waals surface area contributed by atoms with Crippen molar-refractivity contribution in [3.8, 4) is 5.75 Å². The predicted octanol–water partition coefficient (Wildman–Crippen LogP) is 4.38. The number of hydrogen-bond acceptors (Lipinski definition) is 3. The molecule has 1 saturated heterocycles. The van der Waals surface area contributed by atoms with Crippen LogP contribution in [0.3, 0.4) is 0 Å². The summed E-state index contributed by atoms with van der Waals surface area (Å²) in [5.41, 5.74) is 0.0626. The largest absolute Gasteiger partial charge is 0.465 e. The average Bonchev–Trinajstić information content (AvgIpc) is 2.63. The van der Waals surface area contributed by atoms with Crippen molar-refractivity contribution in [2.45, 2.75) is 18.7 Å². The molecular weight excluding hydrogens is 436 g/mol. The summed E-state index contributed by atoms with van der Waals surface area (Å²) in [7, 11) is 3.37. The topological polar surface area (TPSA) is 44.8 Å². The normalized spacial score (nSPS) is 25.0. The fourth-order valence-corrected chi connectivity index (χ4v) is 5.00. The van der Waals surface area contributed by atoms with Gasteiger partial charge in [-0.25, -0.2) is 4.39 Å². The van der Waals surface area contributed by atoms with Crippen molar-refractivity contribution in [3.63, 3.8) is 0 Å². The van der Waals surface area contributed by atoms with E-state index >= 15 is 0 Å². The third kappa shape index (κ3) is 3.12. The summed E-state index contributed by atoms with van der Waals surface area (Å²) in [6.07, 6.45) is 0. The summed E-state index contributed by atoms with van der Waals surface area (Å²) in [5, 5.41) is 4.38. The van der Waals surface area contributed by atoms with Gasteiger partial charge in [0.25, 0.3) is 0 Å². The van der Waals surface area contributed by atoms with E-state index in [0.29, 0.717) is 32.2 Å².